The number of nitrogens with two attached hydrogens (primary N) is 1. The van der Waals surface area contributed by atoms with Crippen molar-refractivity contribution in [2.75, 3.05) is 0 Å². The average Bonchev–Trinajstić information content (AvgIpc) is 2.59. The van der Waals surface area contributed by atoms with E-state index in [-0.39, 0.29) is 6.04 Å². The maximum atomic E-state index is 5.90. The second-order valence-electron chi connectivity index (χ2n) is 3.70. The average molecular weight is 189 g/mol. The molecule has 0 spiro atoms. The van der Waals surface area contributed by atoms with Gasteiger partial charge in [0.15, 0.2) is 0 Å². The molecule has 0 saturated carbocycles. The van der Waals surface area contributed by atoms with Gasteiger partial charge in [0.05, 0.1) is 6.04 Å². The van der Waals surface area contributed by atoms with Crippen LogP contribution in [0.5, 0.6) is 0 Å². The standard InChI is InChI=1S/C12H15NO/c1-3-10(13)12-7-9-6-8(2)4-5-11(9)14-12/h4-7,10H,3,13H2,1-2H3. The van der Waals surface area contributed by atoms with Crippen LogP contribution >= 0.6 is 0 Å². The van der Waals surface area contributed by atoms with Crippen molar-refractivity contribution in [1.82, 2.24) is 0 Å². The fourth-order valence-electron chi connectivity index (χ4n) is 1.57. The maximum absolute atomic E-state index is 5.90. The molecule has 0 aliphatic carbocycles. The van der Waals surface area contributed by atoms with Gasteiger partial charge in [0.1, 0.15) is 11.3 Å². The fraction of sp³-hybridized carbons (Fsp3) is 0.333. The summed E-state index contributed by atoms with van der Waals surface area (Å²) in [6.07, 6.45) is 0.902. The number of hydrogen-bond donors (Lipinski definition) is 1. The molecule has 0 fully saturated rings. The zero-order valence-corrected chi connectivity index (χ0v) is 8.58. The highest BCUT2D eigenvalue weighted by Crippen LogP contribution is 2.24. The van der Waals surface area contributed by atoms with Crippen LogP contribution in [0.4, 0.5) is 0 Å². The summed E-state index contributed by atoms with van der Waals surface area (Å²) >= 11 is 0. The van der Waals surface area contributed by atoms with Crippen molar-refractivity contribution < 1.29 is 4.42 Å². The summed E-state index contributed by atoms with van der Waals surface area (Å²) in [5.74, 6) is 0.883. The molecule has 0 radical (unpaired) electrons. The Hall–Kier alpha value is -1.28. The van der Waals surface area contributed by atoms with E-state index in [2.05, 4.69) is 19.9 Å². The summed E-state index contributed by atoms with van der Waals surface area (Å²) in [6.45, 7) is 4.13. The largest absolute Gasteiger partial charge is 0.459 e. The molecule has 2 nitrogen and oxygen atoms in total. The number of benzene rings is 1. The van der Waals surface area contributed by atoms with Crippen molar-refractivity contribution in [3.8, 4) is 0 Å². The molecule has 14 heavy (non-hydrogen) atoms. The summed E-state index contributed by atoms with van der Waals surface area (Å²) in [7, 11) is 0. The van der Waals surface area contributed by atoms with Gasteiger partial charge in [-0.05, 0) is 31.5 Å². The van der Waals surface area contributed by atoms with Crippen LogP contribution < -0.4 is 5.73 Å². The fourth-order valence-corrected chi connectivity index (χ4v) is 1.57. The first kappa shape index (κ1) is 9.28. The highest BCUT2D eigenvalue weighted by Gasteiger charge is 2.09. The lowest BCUT2D eigenvalue weighted by Crippen LogP contribution is -2.06. The SMILES string of the molecule is CCC(N)c1cc2cc(C)ccc2o1. The van der Waals surface area contributed by atoms with E-state index in [9.17, 15) is 0 Å². The van der Waals surface area contributed by atoms with Crippen LogP contribution in [0.1, 0.15) is 30.7 Å². The summed E-state index contributed by atoms with van der Waals surface area (Å²) in [5.41, 5.74) is 8.07. The van der Waals surface area contributed by atoms with Crippen molar-refractivity contribution >= 4 is 11.0 Å². The molecule has 2 rings (SSSR count). The quantitative estimate of drug-likeness (QED) is 0.788. The van der Waals surface area contributed by atoms with Crippen molar-refractivity contribution in [3.05, 3.63) is 35.6 Å². The normalized spacial score (nSPS) is 13.4. The van der Waals surface area contributed by atoms with E-state index in [4.69, 9.17) is 10.2 Å². The molecule has 1 aromatic heterocycles. The van der Waals surface area contributed by atoms with Gasteiger partial charge in [-0.25, -0.2) is 0 Å². The van der Waals surface area contributed by atoms with Gasteiger partial charge in [0.25, 0.3) is 0 Å². The molecule has 1 atom stereocenters. The van der Waals surface area contributed by atoms with Gasteiger partial charge >= 0.3 is 0 Å². The van der Waals surface area contributed by atoms with Gasteiger partial charge < -0.3 is 10.2 Å². The minimum atomic E-state index is 0.0164. The summed E-state index contributed by atoms with van der Waals surface area (Å²) in [4.78, 5) is 0. The predicted molar refractivity (Wildman–Crippen MR) is 58.2 cm³/mol. The van der Waals surface area contributed by atoms with Crippen molar-refractivity contribution in [1.29, 1.82) is 0 Å². The van der Waals surface area contributed by atoms with Gasteiger partial charge in [-0.15, -0.1) is 0 Å². The van der Waals surface area contributed by atoms with E-state index in [1.54, 1.807) is 0 Å². The van der Waals surface area contributed by atoms with Gasteiger partial charge in [-0.1, -0.05) is 18.6 Å². The predicted octanol–water partition coefficient (Wildman–Crippen LogP) is 3.15. The molecular weight excluding hydrogens is 174 g/mol. The third-order valence-corrected chi connectivity index (χ3v) is 2.50. The molecule has 74 valence electrons. The van der Waals surface area contributed by atoms with Crippen LogP contribution in [0.3, 0.4) is 0 Å². The van der Waals surface area contributed by atoms with Gasteiger partial charge in [-0.2, -0.15) is 0 Å². The Kier molecular flexibility index (Phi) is 2.30. The lowest BCUT2D eigenvalue weighted by atomic mass is 10.1. The number of rotatable bonds is 2. The zero-order valence-electron chi connectivity index (χ0n) is 8.58. The second-order valence-corrected chi connectivity index (χ2v) is 3.70. The zero-order chi connectivity index (χ0) is 10.1. The van der Waals surface area contributed by atoms with Gasteiger partial charge in [0, 0.05) is 5.39 Å². The second kappa shape index (κ2) is 3.46. The van der Waals surface area contributed by atoms with E-state index in [1.807, 2.05) is 18.2 Å². The van der Waals surface area contributed by atoms with E-state index in [0.29, 0.717) is 0 Å². The number of aryl methyl sites for hydroxylation is 1. The molecule has 2 aromatic rings. The van der Waals surface area contributed by atoms with Crippen LogP contribution in [0.25, 0.3) is 11.0 Å². The molecule has 2 N–H and O–H groups in total. The smallest absolute Gasteiger partial charge is 0.134 e. The molecule has 1 unspecified atom stereocenters. The molecule has 0 aliphatic heterocycles. The van der Waals surface area contributed by atoms with Gasteiger partial charge in [0.2, 0.25) is 0 Å². The minimum absolute atomic E-state index is 0.0164. The third-order valence-electron chi connectivity index (χ3n) is 2.50. The van der Waals surface area contributed by atoms with E-state index < -0.39 is 0 Å². The Bertz CT molecular complexity index is 445. The topological polar surface area (TPSA) is 39.2 Å². The Labute approximate surface area is 83.7 Å². The van der Waals surface area contributed by atoms with E-state index in [0.717, 1.165) is 23.2 Å². The van der Waals surface area contributed by atoms with Crippen LogP contribution in [-0.4, -0.2) is 0 Å². The van der Waals surface area contributed by atoms with E-state index >= 15 is 0 Å². The Morgan fingerprint density at radius 3 is 2.86 bits per heavy atom. The molecule has 2 heteroatoms. The Morgan fingerprint density at radius 1 is 1.36 bits per heavy atom. The Morgan fingerprint density at radius 2 is 2.14 bits per heavy atom. The highest BCUT2D eigenvalue weighted by molar-refractivity contribution is 5.78. The number of fused-ring (bicyclic) bond motifs is 1. The summed E-state index contributed by atoms with van der Waals surface area (Å²) in [6, 6.07) is 8.22. The molecule has 1 heterocycles. The molecule has 0 saturated heterocycles. The molecule has 0 aliphatic rings. The summed E-state index contributed by atoms with van der Waals surface area (Å²) in [5, 5.41) is 1.14. The van der Waals surface area contributed by atoms with Crippen molar-refractivity contribution in [2.45, 2.75) is 26.3 Å². The van der Waals surface area contributed by atoms with Crippen LogP contribution in [0.2, 0.25) is 0 Å². The summed E-state index contributed by atoms with van der Waals surface area (Å²) < 4.78 is 5.65. The van der Waals surface area contributed by atoms with Crippen molar-refractivity contribution in [3.63, 3.8) is 0 Å². The van der Waals surface area contributed by atoms with Crippen LogP contribution in [-0.2, 0) is 0 Å². The monoisotopic (exact) mass is 189 g/mol. The number of hydrogen-bond acceptors (Lipinski definition) is 2. The molecule has 0 bridgehead atoms. The first-order chi connectivity index (χ1) is 6.70. The molecule has 0 amide bonds. The maximum Gasteiger partial charge on any atom is 0.134 e. The molecular formula is C12H15NO. The Balaban J connectivity index is 2.51. The minimum Gasteiger partial charge on any atom is -0.459 e. The third kappa shape index (κ3) is 1.53. The number of furan rings is 1. The van der Waals surface area contributed by atoms with Crippen LogP contribution in [0, 0.1) is 6.92 Å². The molecule has 1 aromatic carbocycles. The van der Waals surface area contributed by atoms with Crippen molar-refractivity contribution in [2.24, 2.45) is 5.73 Å². The lowest BCUT2D eigenvalue weighted by molar-refractivity contribution is 0.488. The highest BCUT2D eigenvalue weighted by atomic mass is 16.3. The van der Waals surface area contributed by atoms with Crippen LogP contribution in [0.15, 0.2) is 28.7 Å². The first-order valence-electron chi connectivity index (χ1n) is 4.96. The van der Waals surface area contributed by atoms with Gasteiger partial charge in [-0.3, -0.25) is 0 Å². The first-order valence-corrected chi connectivity index (χ1v) is 4.96. The lowest BCUT2D eigenvalue weighted by Gasteiger charge is -2.02. The van der Waals surface area contributed by atoms with E-state index in [1.165, 1.54) is 5.56 Å².